The zero-order valence-electron chi connectivity index (χ0n) is 15.7. The van der Waals surface area contributed by atoms with Gasteiger partial charge in [0.25, 0.3) is 0 Å². The molecule has 2 heterocycles. The van der Waals surface area contributed by atoms with Crippen molar-refractivity contribution in [2.75, 3.05) is 26.2 Å². The number of carbonyl (C=O) groups is 1. The summed E-state index contributed by atoms with van der Waals surface area (Å²) in [7, 11) is 0. The number of rotatable bonds is 6. The van der Waals surface area contributed by atoms with Crippen LogP contribution in [0.5, 0.6) is 0 Å². The molecule has 1 fully saturated rings. The molecule has 0 spiro atoms. The number of hydrogen-bond donors (Lipinski definition) is 1. The van der Waals surface area contributed by atoms with Crippen molar-refractivity contribution in [1.82, 2.24) is 15.2 Å². The van der Waals surface area contributed by atoms with E-state index in [1.54, 1.807) is 23.5 Å². The SMILES string of the molecule is O=C(CN1CCC[C@@H](c2nc3ccccc3s2)C1)NCCc1ccc(F)cc1. The highest BCUT2D eigenvalue weighted by Gasteiger charge is 2.25. The summed E-state index contributed by atoms with van der Waals surface area (Å²) in [6.45, 7) is 2.82. The van der Waals surface area contributed by atoms with E-state index in [1.165, 1.54) is 21.8 Å². The molecule has 0 radical (unpaired) electrons. The summed E-state index contributed by atoms with van der Waals surface area (Å²) in [4.78, 5) is 19.3. The Labute approximate surface area is 168 Å². The number of thiazole rings is 1. The minimum Gasteiger partial charge on any atom is -0.355 e. The monoisotopic (exact) mass is 397 g/mol. The van der Waals surface area contributed by atoms with Crippen LogP contribution in [-0.4, -0.2) is 42.0 Å². The summed E-state index contributed by atoms with van der Waals surface area (Å²) in [6, 6.07) is 14.7. The predicted octanol–water partition coefficient (Wildman–Crippen LogP) is 3.97. The molecule has 1 aromatic heterocycles. The van der Waals surface area contributed by atoms with Crippen molar-refractivity contribution in [3.05, 3.63) is 64.9 Å². The highest BCUT2D eigenvalue weighted by molar-refractivity contribution is 7.18. The van der Waals surface area contributed by atoms with E-state index in [4.69, 9.17) is 4.98 Å². The highest BCUT2D eigenvalue weighted by Crippen LogP contribution is 2.32. The first-order valence-electron chi connectivity index (χ1n) is 9.76. The maximum absolute atomic E-state index is 12.9. The lowest BCUT2D eigenvalue weighted by Gasteiger charge is -2.31. The topological polar surface area (TPSA) is 45.2 Å². The van der Waals surface area contributed by atoms with Crippen LogP contribution in [0.3, 0.4) is 0 Å². The first-order chi connectivity index (χ1) is 13.7. The Kier molecular flexibility index (Phi) is 5.98. The minimum absolute atomic E-state index is 0.0482. The number of nitrogens with zero attached hydrogens (tertiary/aromatic N) is 2. The number of para-hydroxylation sites is 1. The van der Waals surface area contributed by atoms with Gasteiger partial charge in [0.15, 0.2) is 0 Å². The van der Waals surface area contributed by atoms with Crippen LogP contribution < -0.4 is 5.32 Å². The Morgan fingerprint density at radius 2 is 2.04 bits per heavy atom. The molecule has 4 nitrogen and oxygen atoms in total. The van der Waals surface area contributed by atoms with Crippen molar-refractivity contribution in [3.63, 3.8) is 0 Å². The van der Waals surface area contributed by atoms with Gasteiger partial charge in [0.1, 0.15) is 5.82 Å². The van der Waals surface area contributed by atoms with Crippen molar-refractivity contribution >= 4 is 27.5 Å². The van der Waals surface area contributed by atoms with E-state index < -0.39 is 0 Å². The van der Waals surface area contributed by atoms with Gasteiger partial charge in [0.05, 0.1) is 21.8 Å². The number of amides is 1. The zero-order chi connectivity index (χ0) is 19.3. The second-order valence-corrected chi connectivity index (χ2v) is 8.38. The molecule has 6 heteroatoms. The number of fused-ring (bicyclic) bond motifs is 1. The third-order valence-electron chi connectivity index (χ3n) is 5.18. The molecule has 28 heavy (non-hydrogen) atoms. The van der Waals surface area contributed by atoms with Crippen molar-refractivity contribution in [2.24, 2.45) is 0 Å². The van der Waals surface area contributed by atoms with Gasteiger partial charge in [0, 0.05) is 19.0 Å². The third-order valence-corrected chi connectivity index (χ3v) is 6.38. The molecule has 0 bridgehead atoms. The number of piperidine rings is 1. The van der Waals surface area contributed by atoms with Gasteiger partial charge < -0.3 is 5.32 Å². The van der Waals surface area contributed by atoms with E-state index in [0.717, 1.165) is 37.0 Å². The van der Waals surface area contributed by atoms with Crippen LogP contribution in [0.1, 0.15) is 29.3 Å². The van der Waals surface area contributed by atoms with Gasteiger partial charge in [0.2, 0.25) is 5.91 Å². The fraction of sp³-hybridized carbons (Fsp3) is 0.364. The van der Waals surface area contributed by atoms with Gasteiger partial charge in [-0.25, -0.2) is 9.37 Å². The summed E-state index contributed by atoms with van der Waals surface area (Å²) >= 11 is 1.77. The Bertz CT molecular complexity index is 907. The predicted molar refractivity (Wildman–Crippen MR) is 111 cm³/mol. The Balaban J connectivity index is 1.27. The first-order valence-corrected chi connectivity index (χ1v) is 10.6. The van der Waals surface area contributed by atoms with Crippen molar-refractivity contribution < 1.29 is 9.18 Å². The smallest absolute Gasteiger partial charge is 0.234 e. The normalized spacial score (nSPS) is 17.7. The summed E-state index contributed by atoms with van der Waals surface area (Å²) in [6.07, 6.45) is 2.92. The average molecular weight is 398 g/mol. The number of halogens is 1. The maximum Gasteiger partial charge on any atom is 0.234 e. The molecule has 1 N–H and O–H groups in total. The molecule has 1 atom stereocenters. The molecule has 0 unspecified atom stereocenters. The van der Waals surface area contributed by atoms with E-state index in [0.29, 0.717) is 25.4 Å². The minimum atomic E-state index is -0.236. The molecule has 146 valence electrons. The summed E-state index contributed by atoms with van der Waals surface area (Å²) < 4.78 is 14.2. The number of nitrogens with one attached hydrogen (secondary N) is 1. The molecule has 0 saturated carbocycles. The standard InChI is InChI=1S/C22H24FN3OS/c23-18-9-7-16(8-10-18)11-12-24-21(27)15-26-13-3-4-17(14-26)22-25-19-5-1-2-6-20(19)28-22/h1-2,5-10,17H,3-4,11-15H2,(H,24,27)/t17-/m1/s1. The summed E-state index contributed by atoms with van der Waals surface area (Å²) in [5.74, 6) is 0.214. The Morgan fingerprint density at radius 1 is 1.21 bits per heavy atom. The average Bonchev–Trinajstić information content (AvgIpc) is 3.14. The zero-order valence-corrected chi connectivity index (χ0v) is 16.6. The number of aromatic nitrogens is 1. The largest absolute Gasteiger partial charge is 0.355 e. The van der Waals surface area contributed by atoms with Crippen LogP contribution in [0.4, 0.5) is 4.39 Å². The number of hydrogen-bond acceptors (Lipinski definition) is 4. The van der Waals surface area contributed by atoms with Crippen LogP contribution in [0, 0.1) is 5.82 Å². The molecular formula is C22H24FN3OS. The number of likely N-dealkylation sites (tertiary alicyclic amines) is 1. The highest BCUT2D eigenvalue weighted by atomic mass is 32.1. The molecule has 4 rings (SSSR count). The van der Waals surface area contributed by atoms with E-state index in [9.17, 15) is 9.18 Å². The van der Waals surface area contributed by atoms with E-state index in [1.807, 2.05) is 12.1 Å². The Hall–Kier alpha value is -2.31. The lowest BCUT2D eigenvalue weighted by molar-refractivity contribution is -0.122. The second kappa shape index (κ2) is 8.80. The number of benzene rings is 2. The molecule has 3 aromatic rings. The van der Waals surface area contributed by atoms with Gasteiger partial charge in [-0.3, -0.25) is 9.69 Å². The van der Waals surface area contributed by atoms with Gasteiger partial charge in [-0.1, -0.05) is 24.3 Å². The van der Waals surface area contributed by atoms with E-state index >= 15 is 0 Å². The van der Waals surface area contributed by atoms with Crippen LogP contribution in [0.2, 0.25) is 0 Å². The molecule has 1 aliphatic rings. The van der Waals surface area contributed by atoms with Crippen molar-refractivity contribution in [3.8, 4) is 0 Å². The van der Waals surface area contributed by atoms with Gasteiger partial charge in [-0.2, -0.15) is 0 Å². The van der Waals surface area contributed by atoms with Crippen LogP contribution >= 0.6 is 11.3 Å². The number of carbonyl (C=O) groups excluding carboxylic acids is 1. The summed E-state index contributed by atoms with van der Waals surface area (Å²) in [5, 5.41) is 4.16. The van der Waals surface area contributed by atoms with E-state index in [2.05, 4.69) is 22.3 Å². The Morgan fingerprint density at radius 3 is 2.86 bits per heavy atom. The van der Waals surface area contributed by atoms with Crippen LogP contribution in [0.15, 0.2) is 48.5 Å². The summed E-state index contributed by atoms with van der Waals surface area (Å²) in [5.41, 5.74) is 2.09. The van der Waals surface area contributed by atoms with Gasteiger partial charge in [-0.05, 0) is 55.6 Å². The molecular weight excluding hydrogens is 373 g/mol. The maximum atomic E-state index is 12.9. The van der Waals surface area contributed by atoms with Crippen LogP contribution in [-0.2, 0) is 11.2 Å². The lowest BCUT2D eigenvalue weighted by atomic mass is 9.99. The molecule has 1 saturated heterocycles. The van der Waals surface area contributed by atoms with Crippen LogP contribution in [0.25, 0.3) is 10.2 Å². The quantitative estimate of drug-likeness (QED) is 0.684. The second-order valence-electron chi connectivity index (χ2n) is 7.32. The molecule has 1 amide bonds. The molecule has 1 aliphatic heterocycles. The lowest BCUT2D eigenvalue weighted by Crippen LogP contribution is -2.42. The fourth-order valence-corrected chi connectivity index (χ4v) is 4.81. The molecule has 2 aromatic carbocycles. The fourth-order valence-electron chi connectivity index (χ4n) is 3.72. The van der Waals surface area contributed by atoms with Crippen molar-refractivity contribution in [1.29, 1.82) is 0 Å². The molecule has 0 aliphatic carbocycles. The third kappa shape index (κ3) is 4.75. The van der Waals surface area contributed by atoms with Crippen molar-refractivity contribution in [2.45, 2.75) is 25.2 Å². The van der Waals surface area contributed by atoms with Gasteiger partial charge in [-0.15, -0.1) is 11.3 Å². The van der Waals surface area contributed by atoms with E-state index in [-0.39, 0.29) is 11.7 Å². The first kappa shape index (κ1) is 19.0. The van der Waals surface area contributed by atoms with Gasteiger partial charge >= 0.3 is 0 Å².